The second-order valence-corrected chi connectivity index (χ2v) is 4.25. The highest BCUT2D eigenvalue weighted by Crippen LogP contribution is 2.38. The topological polar surface area (TPSA) is 35.2 Å². The molecule has 2 nitrogen and oxygen atoms in total. The summed E-state index contributed by atoms with van der Waals surface area (Å²) in [7, 11) is 0. The van der Waals surface area contributed by atoms with Gasteiger partial charge in [-0.05, 0) is 31.0 Å². The van der Waals surface area contributed by atoms with Gasteiger partial charge in [0.05, 0.1) is 6.04 Å². The van der Waals surface area contributed by atoms with Crippen LogP contribution in [-0.4, -0.2) is 6.61 Å². The van der Waals surface area contributed by atoms with Crippen LogP contribution in [0.15, 0.2) is 10.5 Å². The lowest BCUT2D eigenvalue weighted by Crippen LogP contribution is -2.12. The lowest BCUT2D eigenvalue weighted by atomic mass is 10.0. The Hall–Kier alpha value is -0.540. The Labute approximate surface area is 86.2 Å². The molecule has 13 heavy (non-hydrogen) atoms. The molecule has 1 aromatic carbocycles. The van der Waals surface area contributed by atoms with Crippen LogP contribution in [0, 0.1) is 13.8 Å². The van der Waals surface area contributed by atoms with Crippen molar-refractivity contribution in [2.75, 3.05) is 6.61 Å². The van der Waals surface area contributed by atoms with Gasteiger partial charge in [-0.1, -0.05) is 15.9 Å². The summed E-state index contributed by atoms with van der Waals surface area (Å²) in [6.45, 7) is 4.74. The number of aryl methyl sites for hydroxylation is 1. The Kier molecular flexibility index (Phi) is 2.08. The van der Waals surface area contributed by atoms with Gasteiger partial charge < -0.3 is 10.5 Å². The van der Waals surface area contributed by atoms with Gasteiger partial charge in [-0.15, -0.1) is 0 Å². The first-order valence-electron chi connectivity index (χ1n) is 4.29. The molecule has 0 aromatic heterocycles. The van der Waals surface area contributed by atoms with Gasteiger partial charge in [0.2, 0.25) is 0 Å². The minimum absolute atomic E-state index is 0.0342. The highest BCUT2D eigenvalue weighted by Gasteiger charge is 2.24. The number of hydrogen-bond donors (Lipinski definition) is 1. The van der Waals surface area contributed by atoms with Gasteiger partial charge in [0.1, 0.15) is 12.4 Å². The normalized spacial score (nSPS) is 19.8. The molecule has 0 saturated carbocycles. The average molecular weight is 242 g/mol. The van der Waals surface area contributed by atoms with Crippen LogP contribution in [0.5, 0.6) is 5.75 Å². The molecular formula is C10H12BrNO. The monoisotopic (exact) mass is 241 g/mol. The van der Waals surface area contributed by atoms with Crippen molar-refractivity contribution >= 4 is 15.9 Å². The number of halogens is 1. The largest absolute Gasteiger partial charge is 0.491 e. The minimum atomic E-state index is 0.0342. The summed E-state index contributed by atoms with van der Waals surface area (Å²) in [4.78, 5) is 0. The molecule has 2 N–H and O–H groups in total. The second-order valence-electron chi connectivity index (χ2n) is 3.46. The van der Waals surface area contributed by atoms with Crippen LogP contribution in [0.1, 0.15) is 22.7 Å². The number of fused-ring (bicyclic) bond motifs is 1. The molecule has 0 radical (unpaired) electrons. The molecule has 70 valence electrons. The smallest absolute Gasteiger partial charge is 0.124 e. The molecule has 1 aliphatic heterocycles. The van der Waals surface area contributed by atoms with Crippen LogP contribution in [0.25, 0.3) is 0 Å². The molecule has 0 saturated heterocycles. The predicted molar refractivity (Wildman–Crippen MR) is 56.0 cm³/mol. The number of benzene rings is 1. The molecule has 0 amide bonds. The molecule has 1 unspecified atom stereocenters. The first-order chi connectivity index (χ1) is 6.11. The SMILES string of the molecule is Cc1cc2c(c(C)c1Br)C(N)CO2. The number of hydrogen-bond acceptors (Lipinski definition) is 2. The van der Waals surface area contributed by atoms with E-state index in [2.05, 4.69) is 29.8 Å². The van der Waals surface area contributed by atoms with E-state index < -0.39 is 0 Å². The summed E-state index contributed by atoms with van der Waals surface area (Å²) in [6.07, 6.45) is 0. The summed E-state index contributed by atoms with van der Waals surface area (Å²) in [5, 5.41) is 0. The van der Waals surface area contributed by atoms with Crippen LogP contribution in [-0.2, 0) is 0 Å². The van der Waals surface area contributed by atoms with Crippen LogP contribution in [0.2, 0.25) is 0 Å². The van der Waals surface area contributed by atoms with Crippen molar-refractivity contribution in [3.05, 3.63) is 27.2 Å². The second kappa shape index (κ2) is 3.00. The Morgan fingerprint density at radius 2 is 2.23 bits per heavy atom. The molecular weight excluding hydrogens is 230 g/mol. The maximum atomic E-state index is 5.92. The van der Waals surface area contributed by atoms with Crippen molar-refractivity contribution in [2.24, 2.45) is 5.73 Å². The Morgan fingerprint density at radius 3 is 2.92 bits per heavy atom. The van der Waals surface area contributed by atoms with Crippen molar-refractivity contribution in [3.63, 3.8) is 0 Å². The zero-order chi connectivity index (χ0) is 9.59. The fraction of sp³-hybridized carbons (Fsp3) is 0.400. The van der Waals surface area contributed by atoms with Crippen LogP contribution < -0.4 is 10.5 Å². The molecule has 1 heterocycles. The highest BCUT2D eigenvalue weighted by atomic mass is 79.9. The zero-order valence-electron chi connectivity index (χ0n) is 7.73. The van der Waals surface area contributed by atoms with E-state index in [9.17, 15) is 0 Å². The number of rotatable bonds is 0. The van der Waals surface area contributed by atoms with Gasteiger partial charge in [-0.25, -0.2) is 0 Å². The molecule has 0 aliphatic carbocycles. The number of nitrogens with two attached hydrogens (primary N) is 1. The Bertz CT molecular complexity index is 362. The molecule has 0 fully saturated rings. The maximum absolute atomic E-state index is 5.92. The van der Waals surface area contributed by atoms with Crippen molar-refractivity contribution in [2.45, 2.75) is 19.9 Å². The number of ether oxygens (including phenoxy) is 1. The van der Waals surface area contributed by atoms with Gasteiger partial charge >= 0.3 is 0 Å². The Balaban J connectivity index is 2.68. The standard InChI is InChI=1S/C10H12BrNO/c1-5-3-8-9(6(2)10(5)11)7(12)4-13-8/h3,7H,4,12H2,1-2H3. The van der Waals surface area contributed by atoms with Crippen molar-refractivity contribution in [3.8, 4) is 5.75 Å². The summed E-state index contributed by atoms with van der Waals surface area (Å²) in [5.41, 5.74) is 9.48. The Morgan fingerprint density at radius 1 is 1.54 bits per heavy atom. The van der Waals surface area contributed by atoms with Gasteiger partial charge in [0.25, 0.3) is 0 Å². The molecule has 0 spiro atoms. The van der Waals surface area contributed by atoms with E-state index >= 15 is 0 Å². The van der Waals surface area contributed by atoms with E-state index in [4.69, 9.17) is 10.5 Å². The quantitative estimate of drug-likeness (QED) is 0.758. The molecule has 1 aromatic rings. The van der Waals surface area contributed by atoms with Crippen LogP contribution >= 0.6 is 15.9 Å². The molecule has 1 aliphatic rings. The van der Waals surface area contributed by atoms with Gasteiger partial charge in [0.15, 0.2) is 0 Å². The summed E-state index contributed by atoms with van der Waals surface area (Å²) < 4.78 is 6.63. The van der Waals surface area contributed by atoms with Crippen molar-refractivity contribution < 1.29 is 4.74 Å². The van der Waals surface area contributed by atoms with E-state index in [0.717, 1.165) is 15.8 Å². The van der Waals surface area contributed by atoms with E-state index in [1.54, 1.807) is 0 Å². The van der Waals surface area contributed by atoms with Crippen molar-refractivity contribution in [1.29, 1.82) is 0 Å². The summed E-state index contributed by atoms with van der Waals surface area (Å²) in [6, 6.07) is 2.08. The minimum Gasteiger partial charge on any atom is -0.491 e. The summed E-state index contributed by atoms with van der Waals surface area (Å²) >= 11 is 3.55. The van der Waals surface area contributed by atoms with E-state index in [1.165, 1.54) is 11.1 Å². The molecule has 3 heteroatoms. The third-order valence-corrected chi connectivity index (χ3v) is 3.70. The van der Waals surface area contributed by atoms with E-state index in [1.807, 2.05) is 6.07 Å². The zero-order valence-corrected chi connectivity index (χ0v) is 9.31. The molecule has 2 rings (SSSR count). The maximum Gasteiger partial charge on any atom is 0.124 e. The first kappa shape index (κ1) is 9.03. The molecule has 1 atom stereocenters. The third-order valence-electron chi connectivity index (χ3n) is 2.48. The lowest BCUT2D eigenvalue weighted by molar-refractivity contribution is 0.333. The highest BCUT2D eigenvalue weighted by molar-refractivity contribution is 9.10. The third kappa shape index (κ3) is 1.27. The first-order valence-corrected chi connectivity index (χ1v) is 5.08. The van der Waals surface area contributed by atoms with Gasteiger partial charge in [-0.3, -0.25) is 0 Å². The van der Waals surface area contributed by atoms with E-state index in [0.29, 0.717) is 6.61 Å². The van der Waals surface area contributed by atoms with Crippen LogP contribution in [0.4, 0.5) is 0 Å². The van der Waals surface area contributed by atoms with Crippen molar-refractivity contribution in [1.82, 2.24) is 0 Å². The fourth-order valence-electron chi connectivity index (χ4n) is 1.78. The fourth-order valence-corrected chi connectivity index (χ4v) is 2.11. The molecule has 0 bridgehead atoms. The van der Waals surface area contributed by atoms with Gasteiger partial charge in [-0.2, -0.15) is 0 Å². The predicted octanol–water partition coefficient (Wildman–Crippen LogP) is 2.46. The summed E-state index contributed by atoms with van der Waals surface area (Å²) in [5.74, 6) is 0.950. The van der Waals surface area contributed by atoms with Gasteiger partial charge in [0, 0.05) is 10.0 Å². The lowest BCUT2D eigenvalue weighted by Gasteiger charge is -2.09. The van der Waals surface area contributed by atoms with Crippen LogP contribution in [0.3, 0.4) is 0 Å². The van der Waals surface area contributed by atoms with E-state index in [-0.39, 0.29) is 6.04 Å². The average Bonchev–Trinajstić information content (AvgIpc) is 2.43.